The summed E-state index contributed by atoms with van der Waals surface area (Å²) in [4.78, 5) is 0. The van der Waals surface area contributed by atoms with Crippen LogP contribution in [0, 0.1) is 6.92 Å². The third-order valence-electron chi connectivity index (χ3n) is 6.53. The average molecular weight is 407 g/mol. The molecule has 0 saturated carbocycles. The van der Waals surface area contributed by atoms with Crippen molar-refractivity contribution in [3.05, 3.63) is 70.3 Å². The molecule has 0 atom stereocenters. The Morgan fingerprint density at radius 2 is 1.00 bits per heavy atom. The van der Waals surface area contributed by atoms with E-state index < -0.39 is 0 Å². The molecule has 0 nitrogen and oxygen atoms in total. The molecular formula is C30H46. The van der Waals surface area contributed by atoms with Gasteiger partial charge in [0.15, 0.2) is 0 Å². The Morgan fingerprint density at radius 3 is 1.50 bits per heavy atom. The van der Waals surface area contributed by atoms with Crippen LogP contribution >= 0.6 is 0 Å². The molecule has 2 rings (SSSR count). The molecule has 166 valence electrons. The molecule has 2 aromatic rings. The average Bonchev–Trinajstić information content (AvgIpc) is 2.76. The summed E-state index contributed by atoms with van der Waals surface area (Å²) in [7, 11) is 0. The zero-order valence-corrected chi connectivity index (χ0v) is 20.1. The van der Waals surface area contributed by atoms with E-state index in [1.54, 1.807) is 16.7 Å². The standard InChI is InChI=1S/C30H46/c1-4-6-8-10-12-17-21-29-24-28(23-27-19-15-14-16-20-27)25-30(26(29)3)22-18-13-11-9-7-5-2/h14-16,19-20,24-25H,4-13,17-18,21-23H2,1-3H3. The van der Waals surface area contributed by atoms with Crippen molar-refractivity contribution in [2.45, 2.75) is 117 Å². The van der Waals surface area contributed by atoms with Crippen molar-refractivity contribution < 1.29 is 0 Å². The molecule has 0 bridgehead atoms. The van der Waals surface area contributed by atoms with Gasteiger partial charge >= 0.3 is 0 Å². The third kappa shape index (κ3) is 9.50. The number of hydrogen-bond acceptors (Lipinski definition) is 0. The van der Waals surface area contributed by atoms with E-state index in [0.717, 1.165) is 6.42 Å². The Labute approximate surface area is 187 Å². The van der Waals surface area contributed by atoms with Gasteiger partial charge in [0.05, 0.1) is 0 Å². The smallest absolute Gasteiger partial charge is 0.00256 e. The van der Waals surface area contributed by atoms with Crippen LogP contribution in [0.4, 0.5) is 0 Å². The highest BCUT2D eigenvalue weighted by molar-refractivity contribution is 5.40. The van der Waals surface area contributed by atoms with E-state index in [4.69, 9.17) is 0 Å². The first kappa shape index (κ1) is 24.7. The summed E-state index contributed by atoms with van der Waals surface area (Å²) < 4.78 is 0. The fourth-order valence-corrected chi connectivity index (χ4v) is 4.56. The Morgan fingerprint density at radius 1 is 0.533 bits per heavy atom. The minimum Gasteiger partial charge on any atom is -0.0654 e. The van der Waals surface area contributed by atoms with Gasteiger partial charge in [0.1, 0.15) is 0 Å². The van der Waals surface area contributed by atoms with Crippen LogP contribution in [-0.2, 0) is 19.3 Å². The maximum atomic E-state index is 2.51. The molecule has 0 unspecified atom stereocenters. The lowest BCUT2D eigenvalue weighted by molar-refractivity contribution is 0.603. The minimum atomic E-state index is 1.06. The Balaban J connectivity index is 2.00. The number of hydrogen-bond donors (Lipinski definition) is 0. The number of aryl methyl sites for hydroxylation is 2. The molecule has 0 saturated heterocycles. The van der Waals surface area contributed by atoms with E-state index in [-0.39, 0.29) is 0 Å². The zero-order chi connectivity index (χ0) is 21.4. The van der Waals surface area contributed by atoms with Crippen LogP contribution in [-0.4, -0.2) is 0 Å². The molecule has 0 aliphatic rings. The van der Waals surface area contributed by atoms with E-state index >= 15 is 0 Å². The highest BCUT2D eigenvalue weighted by Crippen LogP contribution is 2.24. The van der Waals surface area contributed by atoms with Crippen molar-refractivity contribution in [3.63, 3.8) is 0 Å². The number of unbranched alkanes of at least 4 members (excludes halogenated alkanes) is 10. The van der Waals surface area contributed by atoms with Crippen LogP contribution in [0.25, 0.3) is 0 Å². The van der Waals surface area contributed by atoms with Gasteiger partial charge in [-0.15, -0.1) is 0 Å². The normalized spacial score (nSPS) is 11.2. The minimum absolute atomic E-state index is 1.06. The summed E-state index contributed by atoms with van der Waals surface area (Å²) >= 11 is 0. The summed E-state index contributed by atoms with van der Waals surface area (Å²) in [6.45, 7) is 6.98. The van der Waals surface area contributed by atoms with Gasteiger partial charge in [-0.3, -0.25) is 0 Å². The molecule has 0 heteroatoms. The first-order chi connectivity index (χ1) is 14.7. The second-order valence-corrected chi connectivity index (χ2v) is 9.24. The quantitative estimate of drug-likeness (QED) is 0.243. The van der Waals surface area contributed by atoms with Crippen LogP contribution < -0.4 is 0 Å². The molecule has 0 N–H and O–H groups in total. The Kier molecular flexibility index (Phi) is 12.6. The molecule has 0 radical (unpaired) electrons. The van der Waals surface area contributed by atoms with Crippen molar-refractivity contribution in [1.82, 2.24) is 0 Å². The van der Waals surface area contributed by atoms with Crippen LogP contribution in [0.3, 0.4) is 0 Å². The van der Waals surface area contributed by atoms with Crippen molar-refractivity contribution in [3.8, 4) is 0 Å². The molecule has 0 spiro atoms. The van der Waals surface area contributed by atoms with Gasteiger partial charge in [0, 0.05) is 0 Å². The van der Waals surface area contributed by atoms with Gasteiger partial charge in [-0.1, -0.05) is 121 Å². The Bertz CT molecular complexity index is 645. The van der Waals surface area contributed by atoms with Gasteiger partial charge in [-0.05, 0) is 66.8 Å². The summed E-state index contributed by atoms with van der Waals surface area (Å²) in [5.41, 5.74) is 7.74. The molecule has 0 amide bonds. The maximum absolute atomic E-state index is 2.51. The molecule has 0 aliphatic carbocycles. The third-order valence-corrected chi connectivity index (χ3v) is 6.53. The topological polar surface area (TPSA) is 0 Å². The lowest BCUT2D eigenvalue weighted by Crippen LogP contribution is -2.01. The Hall–Kier alpha value is -1.56. The van der Waals surface area contributed by atoms with Gasteiger partial charge in [0.2, 0.25) is 0 Å². The summed E-state index contributed by atoms with van der Waals surface area (Å²) in [6, 6.07) is 16.0. The molecule has 2 aromatic carbocycles. The van der Waals surface area contributed by atoms with E-state index in [1.165, 1.54) is 101 Å². The fourth-order valence-electron chi connectivity index (χ4n) is 4.56. The summed E-state index contributed by atoms with van der Waals surface area (Å²) in [5.74, 6) is 0. The zero-order valence-electron chi connectivity index (χ0n) is 20.1. The van der Waals surface area contributed by atoms with E-state index in [1.807, 2.05) is 0 Å². The summed E-state index contributed by atoms with van der Waals surface area (Å²) in [6.07, 6.45) is 20.1. The fraction of sp³-hybridized carbons (Fsp3) is 0.600. The summed E-state index contributed by atoms with van der Waals surface area (Å²) in [5, 5.41) is 0. The number of benzene rings is 2. The van der Waals surface area contributed by atoms with Gasteiger partial charge in [-0.2, -0.15) is 0 Å². The van der Waals surface area contributed by atoms with E-state index in [2.05, 4.69) is 63.2 Å². The predicted molar refractivity (Wildman–Crippen MR) is 135 cm³/mol. The van der Waals surface area contributed by atoms with Crippen LogP contribution in [0.1, 0.15) is 119 Å². The van der Waals surface area contributed by atoms with Gasteiger partial charge in [-0.25, -0.2) is 0 Å². The van der Waals surface area contributed by atoms with Crippen molar-refractivity contribution in [2.75, 3.05) is 0 Å². The molecule has 0 aliphatic heterocycles. The van der Waals surface area contributed by atoms with Crippen LogP contribution in [0.5, 0.6) is 0 Å². The number of rotatable bonds is 16. The molecule has 30 heavy (non-hydrogen) atoms. The highest BCUT2D eigenvalue weighted by Gasteiger charge is 2.09. The van der Waals surface area contributed by atoms with E-state index in [0.29, 0.717) is 0 Å². The SMILES string of the molecule is CCCCCCCCc1cc(Cc2ccccc2)cc(CCCCCCCC)c1C. The van der Waals surface area contributed by atoms with Gasteiger partial charge < -0.3 is 0 Å². The van der Waals surface area contributed by atoms with Crippen molar-refractivity contribution in [1.29, 1.82) is 0 Å². The molecule has 0 aromatic heterocycles. The van der Waals surface area contributed by atoms with Crippen molar-refractivity contribution in [2.24, 2.45) is 0 Å². The van der Waals surface area contributed by atoms with Crippen molar-refractivity contribution >= 4 is 0 Å². The molecular weight excluding hydrogens is 360 g/mol. The lowest BCUT2D eigenvalue weighted by atomic mass is 9.90. The second-order valence-electron chi connectivity index (χ2n) is 9.24. The monoisotopic (exact) mass is 406 g/mol. The maximum Gasteiger partial charge on any atom is -0.00256 e. The first-order valence-electron chi connectivity index (χ1n) is 12.9. The largest absolute Gasteiger partial charge is 0.0654 e. The van der Waals surface area contributed by atoms with Crippen LogP contribution in [0.2, 0.25) is 0 Å². The van der Waals surface area contributed by atoms with Gasteiger partial charge in [0.25, 0.3) is 0 Å². The lowest BCUT2D eigenvalue weighted by Gasteiger charge is -2.15. The molecule has 0 fully saturated rings. The second kappa shape index (κ2) is 15.3. The van der Waals surface area contributed by atoms with E-state index in [9.17, 15) is 0 Å². The highest BCUT2D eigenvalue weighted by atomic mass is 14.1. The first-order valence-corrected chi connectivity index (χ1v) is 12.9. The predicted octanol–water partition coefficient (Wildman–Crippen LogP) is 9.39. The molecule has 0 heterocycles. The van der Waals surface area contributed by atoms with Crippen LogP contribution in [0.15, 0.2) is 42.5 Å².